The fraction of sp³-hybridized carbons (Fsp3) is 0.111. The van der Waals surface area contributed by atoms with Crippen LogP contribution in [0.15, 0.2) is 24.3 Å². The minimum absolute atomic E-state index is 0.0123. The summed E-state index contributed by atoms with van der Waals surface area (Å²) in [7, 11) is 0. The van der Waals surface area contributed by atoms with Crippen molar-refractivity contribution in [2.75, 3.05) is 0 Å². The summed E-state index contributed by atoms with van der Waals surface area (Å²) >= 11 is 0.0123. The molecule has 0 amide bonds. The van der Waals surface area contributed by atoms with Crippen LogP contribution in [0, 0.1) is 22.5 Å². The first-order valence-corrected chi connectivity index (χ1v) is 5.62. The van der Waals surface area contributed by atoms with Crippen molar-refractivity contribution in [3.63, 3.8) is 0 Å². The van der Waals surface area contributed by atoms with Crippen molar-refractivity contribution in [3.05, 3.63) is 34.4 Å². The summed E-state index contributed by atoms with van der Waals surface area (Å²) in [5, 5.41) is 11.1. The third-order valence-corrected chi connectivity index (χ3v) is 3.40. The second-order valence-electron chi connectivity index (χ2n) is 2.22. The topological polar surface area (TPSA) is 43.1 Å². The molecule has 0 bridgehead atoms. The standard InChI is InChI=1S/C9H7NO2Se/c1-2-7-13-9-6-4-3-5-8(9)10(11)12/h1,3-6H,7H2. The first kappa shape index (κ1) is 9.78. The van der Waals surface area contributed by atoms with Crippen LogP contribution >= 0.6 is 0 Å². The van der Waals surface area contributed by atoms with Crippen LogP contribution in [0.2, 0.25) is 5.32 Å². The van der Waals surface area contributed by atoms with Crippen molar-refractivity contribution < 1.29 is 4.92 Å². The van der Waals surface area contributed by atoms with Gasteiger partial charge in [-0.2, -0.15) is 0 Å². The zero-order valence-corrected chi connectivity index (χ0v) is 8.48. The van der Waals surface area contributed by atoms with Gasteiger partial charge in [-0.15, -0.1) is 0 Å². The molecule has 0 radical (unpaired) electrons. The van der Waals surface area contributed by atoms with E-state index in [1.807, 2.05) is 0 Å². The molecule has 1 rings (SSSR count). The van der Waals surface area contributed by atoms with Gasteiger partial charge in [-0.05, 0) is 0 Å². The summed E-state index contributed by atoms with van der Waals surface area (Å²) in [5.74, 6) is 2.49. The fourth-order valence-corrected chi connectivity index (χ4v) is 2.33. The van der Waals surface area contributed by atoms with E-state index in [0.717, 1.165) is 4.46 Å². The Morgan fingerprint density at radius 3 is 2.85 bits per heavy atom. The zero-order valence-electron chi connectivity index (χ0n) is 6.77. The number of benzene rings is 1. The van der Waals surface area contributed by atoms with Gasteiger partial charge in [0.1, 0.15) is 0 Å². The molecule has 0 unspecified atom stereocenters. The third kappa shape index (κ3) is 2.58. The number of nitro benzene ring substituents is 1. The van der Waals surface area contributed by atoms with Crippen LogP contribution in [-0.4, -0.2) is 19.9 Å². The van der Waals surface area contributed by atoms with E-state index in [2.05, 4.69) is 5.92 Å². The summed E-state index contributed by atoms with van der Waals surface area (Å²) in [6, 6.07) is 6.72. The van der Waals surface area contributed by atoms with E-state index in [1.54, 1.807) is 18.2 Å². The summed E-state index contributed by atoms with van der Waals surface area (Å²) in [6.07, 6.45) is 5.10. The molecule has 3 nitrogen and oxygen atoms in total. The van der Waals surface area contributed by atoms with Crippen molar-refractivity contribution in [1.82, 2.24) is 0 Å². The van der Waals surface area contributed by atoms with Gasteiger partial charge in [-0.3, -0.25) is 0 Å². The van der Waals surface area contributed by atoms with Gasteiger partial charge in [0, 0.05) is 0 Å². The molecular formula is C9H7NO2Se. The van der Waals surface area contributed by atoms with E-state index in [0.29, 0.717) is 5.32 Å². The van der Waals surface area contributed by atoms with Crippen molar-refractivity contribution in [3.8, 4) is 12.3 Å². The van der Waals surface area contributed by atoms with Crippen LogP contribution < -0.4 is 4.46 Å². The molecule has 0 fully saturated rings. The van der Waals surface area contributed by atoms with Gasteiger partial charge in [0.05, 0.1) is 0 Å². The van der Waals surface area contributed by atoms with Gasteiger partial charge >= 0.3 is 82.1 Å². The Morgan fingerprint density at radius 2 is 2.23 bits per heavy atom. The molecule has 0 N–H and O–H groups in total. The van der Waals surface area contributed by atoms with Crippen molar-refractivity contribution in [1.29, 1.82) is 0 Å². The Kier molecular flexibility index (Phi) is 3.51. The number of hydrogen-bond donors (Lipinski definition) is 0. The van der Waals surface area contributed by atoms with Crippen molar-refractivity contribution >= 4 is 25.1 Å². The molecule has 0 aromatic heterocycles. The van der Waals surface area contributed by atoms with E-state index >= 15 is 0 Å². The average molecular weight is 240 g/mol. The minimum atomic E-state index is -0.367. The molecule has 1 aromatic rings. The van der Waals surface area contributed by atoms with Crippen LogP contribution in [0.5, 0.6) is 0 Å². The van der Waals surface area contributed by atoms with Gasteiger partial charge in [0.25, 0.3) is 0 Å². The molecule has 0 atom stereocenters. The van der Waals surface area contributed by atoms with Crippen LogP contribution in [0.3, 0.4) is 0 Å². The Bertz CT molecular complexity index is 357. The Hall–Kier alpha value is -1.30. The molecule has 0 aliphatic carbocycles. The predicted molar refractivity (Wildman–Crippen MR) is 52.1 cm³/mol. The van der Waals surface area contributed by atoms with Crippen LogP contribution in [0.25, 0.3) is 0 Å². The second-order valence-corrected chi connectivity index (χ2v) is 4.35. The number of nitrogens with zero attached hydrogens (tertiary/aromatic N) is 1. The van der Waals surface area contributed by atoms with Gasteiger partial charge < -0.3 is 0 Å². The van der Waals surface area contributed by atoms with E-state index in [1.165, 1.54) is 6.07 Å². The monoisotopic (exact) mass is 241 g/mol. The van der Waals surface area contributed by atoms with E-state index in [4.69, 9.17) is 6.42 Å². The van der Waals surface area contributed by atoms with Crippen molar-refractivity contribution in [2.24, 2.45) is 0 Å². The Balaban J connectivity index is 2.92. The summed E-state index contributed by atoms with van der Waals surface area (Å²) in [6.45, 7) is 0. The van der Waals surface area contributed by atoms with Gasteiger partial charge in [0.15, 0.2) is 0 Å². The molecule has 0 aliphatic heterocycles. The molecule has 66 valence electrons. The molecule has 0 saturated heterocycles. The molecule has 0 spiro atoms. The number of para-hydroxylation sites is 1. The molecule has 4 heteroatoms. The van der Waals surface area contributed by atoms with Gasteiger partial charge in [-0.25, -0.2) is 0 Å². The molecule has 1 aromatic carbocycles. The maximum absolute atomic E-state index is 10.5. The van der Waals surface area contributed by atoms with Crippen molar-refractivity contribution in [2.45, 2.75) is 5.32 Å². The summed E-state index contributed by atoms with van der Waals surface area (Å²) in [4.78, 5) is 10.2. The number of rotatable bonds is 3. The maximum atomic E-state index is 10.5. The second kappa shape index (κ2) is 4.66. The quantitative estimate of drug-likeness (QED) is 0.342. The molecule has 0 aliphatic rings. The van der Waals surface area contributed by atoms with E-state index in [-0.39, 0.29) is 25.6 Å². The third-order valence-electron chi connectivity index (χ3n) is 1.37. The molecule has 0 heterocycles. The number of nitro groups is 1. The van der Waals surface area contributed by atoms with Crippen LogP contribution in [-0.2, 0) is 0 Å². The van der Waals surface area contributed by atoms with Gasteiger partial charge in [-0.1, -0.05) is 0 Å². The fourth-order valence-electron chi connectivity index (χ4n) is 0.849. The summed E-state index contributed by atoms with van der Waals surface area (Å²) < 4.78 is 0.762. The molecule has 0 saturated carbocycles. The van der Waals surface area contributed by atoms with E-state index < -0.39 is 0 Å². The normalized spacial score (nSPS) is 9.15. The zero-order chi connectivity index (χ0) is 9.68. The number of terminal acetylenes is 1. The first-order valence-electron chi connectivity index (χ1n) is 3.55. The Morgan fingerprint density at radius 1 is 1.54 bits per heavy atom. The predicted octanol–water partition coefficient (Wildman–Crippen LogP) is 0.976. The Labute approximate surface area is 82.5 Å². The SMILES string of the molecule is C#CC[Se]c1ccccc1[N+](=O)[O-]. The van der Waals surface area contributed by atoms with Crippen LogP contribution in [0.1, 0.15) is 0 Å². The summed E-state index contributed by atoms with van der Waals surface area (Å²) in [5.41, 5.74) is 0.178. The van der Waals surface area contributed by atoms with E-state index in [9.17, 15) is 10.1 Å². The number of hydrogen-bond acceptors (Lipinski definition) is 2. The molecule has 13 heavy (non-hydrogen) atoms. The average Bonchev–Trinajstić information content (AvgIpc) is 2.15. The molecular weight excluding hydrogens is 233 g/mol. The van der Waals surface area contributed by atoms with Gasteiger partial charge in [0.2, 0.25) is 0 Å². The van der Waals surface area contributed by atoms with Crippen LogP contribution in [0.4, 0.5) is 5.69 Å². The first-order chi connectivity index (χ1) is 6.25.